The molecule has 0 aliphatic heterocycles. The molecule has 0 saturated carbocycles. The van der Waals surface area contributed by atoms with E-state index in [0.29, 0.717) is 23.1 Å². The molecule has 0 radical (unpaired) electrons. The van der Waals surface area contributed by atoms with Gasteiger partial charge in [-0.05, 0) is 41.5 Å². The molecule has 0 heterocycles. The number of rotatable bonds is 6. The van der Waals surface area contributed by atoms with Crippen LogP contribution in [0.2, 0.25) is 5.02 Å². The van der Waals surface area contributed by atoms with Gasteiger partial charge in [-0.15, -0.1) is 0 Å². The summed E-state index contributed by atoms with van der Waals surface area (Å²) >= 11 is 5.97. The quantitative estimate of drug-likeness (QED) is 0.600. The van der Waals surface area contributed by atoms with Crippen LogP contribution in [0.3, 0.4) is 0 Å². The molecule has 116 valence electrons. The molecule has 0 aliphatic carbocycles. The van der Waals surface area contributed by atoms with Crippen LogP contribution in [0, 0.1) is 0 Å². The molecule has 0 fully saturated rings. The van der Waals surface area contributed by atoms with Crippen molar-refractivity contribution in [2.75, 3.05) is 21.2 Å². The maximum absolute atomic E-state index is 5.97. The van der Waals surface area contributed by atoms with E-state index in [1.165, 1.54) is 0 Å². The Morgan fingerprint density at radius 1 is 1.14 bits per heavy atom. The van der Waals surface area contributed by atoms with E-state index in [-0.39, 0.29) is 0 Å². The second-order valence-corrected chi connectivity index (χ2v) is 5.36. The normalized spacial score (nSPS) is 10.7. The molecule has 0 saturated heterocycles. The Kier molecular flexibility index (Phi) is 5.67. The van der Waals surface area contributed by atoms with Gasteiger partial charge in [0, 0.05) is 19.1 Å². The molecule has 0 spiro atoms. The average molecular weight is 319 g/mol. The molecule has 0 amide bonds. The first-order chi connectivity index (χ1) is 10.6. The van der Waals surface area contributed by atoms with E-state index in [2.05, 4.69) is 5.10 Å². The van der Waals surface area contributed by atoms with Crippen molar-refractivity contribution in [3.63, 3.8) is 0 Å². The maximum Gasteiger partial charge on any atom is 0.161 e. The zero-order valence-corrected chi connectivity index (χ0v) is 13.7. The van der Waals surface area contributed by atoms with Gasteiger partial charge in [0.15, 0.2) is 11.5 Å². The first-order valence-electron chi connectivity index (χ1n) is 6.85. The number of nitrogens with zero attached hydrogens (tertiary/aromatic N) is 2. The van der Waals surface area contributed by atoms with Crippen molar-refractivity contribution >= 4 is 17.8 Å². The van der Waals surface area contributed by atoms with Gasteiger partial charge in [-0.25, -0.2) is 0 Å². The fraction of sp³-hybridized carbons (Fsp3) is 0.235. The van der Waals surface area contributed by atoms with Gasteiger partial charge in [-0.3, -0.25) is 0 Å². The third-order valence-corrected chi connectivity index (χ3v) is 3.14. The molecular formula is C17H19ClN2O2. The predicted octanol–water partition coefficient (Wildman–Crippen LogP) is 3.82. The summed E-state index contributed by atoms with van der Waals surface area (Å²) < 4.78 is 11.2. The molecule has 2 aromatic carbocycles. The number of halogens is 1. The Bertz CT molecular complexity index is 657. The van der Waals surface area contributed by atoms with Crippen molar-refractivity contribution in [2.24, 2.45) is 5.10 Å². The zero-order chi connectivity index (χ0) is 15.9. The fourth-order valence-corrected chi connectivity index (χ4v) is 2.07. The molecule has 0 aromatic heterocycles. The Balaban J connectivity index is 2.10. The molecule has 0 unspecified atom stereocenters. The zero-order valence-electron chi connectivity index (χ0n) is 12.9. The molecule has 2 rings (SSSR count). The summed E-state index contributed by atoms with van der Waals surface area (Å²) in [5.74, 6) is 1.36. The van der Waals surface area contributed by atoms with Gasteiger partial charge in [0.2, 0.25) is 0 Å². The van der Waals surface area contributed by atoms with Crippen LogP contribution in [0.5, 0.6) is 11.5 Å². The highest BCUT2D eigenvalue weighted by molar-refractivity contribution is 6.30. The van der Waals surface area contributed by atoms with Crippen molar-refractivity contribution < 1.29 is 9.47 Å². The van der Waals surface area contributed by atoms with Crippen LogP contribution in [-0.4, -0.2) is 32.4 Å². The minimum absolute atomic E-state index is 0.433. The summed E-state index contributed by atoms with van der Waals surface area (Å²) in [6.45, 7) is 0.433. The van der Waals surface area contributed by atoms with E-state index in [1.807, 2.05) is 56.6 Å². The van der Waals surface area contributed by atoms with Crippen LogP contribution in [0.1, 0.15) is 11.1 Å². The van der Waals surface area contributed by atoms with E-state index in [4.69, 9.17) is 21.1 Å². The summed E-state index contributed by atoms with van der Waals surface area (Å²) in [6, 6.07) is 13.3. The lowest BCUT2D eigenvalue weighted by atomic mass is 10.2. The second kappa shape index (κ2) is 7.71. The van der Waals surface area contributed by atoms with Gasteiger partial charge in [0.25, 0.3) is 0 Å². The fourth-order valence-electron chi connectivity index (χ4n) is 1.85. The first kappa shape index (κ1) is 16.2. The molecular weight excluding hydrogens is 300 g/mol. The summed E-state index contributed by atoms with van der Waals surface area (Å²) in [6.07, 6.45) is 1.77. The topological polar surface area (TPSA) is 34.1 Å². The number of benzene rings is 2. The molecule has 22 heavy (non-hydrogen) atoms. The van der Waals surface area contributed by atoms with Gasteiger partial charge in [-0.2, -0.15) is 5.10 Å². The Labute approximate surface area is 135 Å². The largest absolute Gasteiger partial charge is 0.493 e. The number of methoxy groups -OCH3 is 1. The summed E-state index contributed by atoms with van der Waals surface area (Å²) in [7, 11) is 5.36. The monoisotopic (exact) mass is 318 g/mol. The standard InChI is InChI=1S/C17H19ClN2O2/c1-20(2)19-11-13-7-8-16(17(10-13)21-3)22-12-14-5-4-6-15(18)9-14/h4-11H,12H2,1-3H3/b19-11+. The van der Waals surface area contributed by atoms with E-state index >= 15 is 0 Å². The van der Waals surface area contributed by atoms with Crippen LogP contribution < -0.4 is 9.47 Å². The SMILES string of the molecule is COc1cc(/C=N/N(C)C)ccc1OCc1cccc(Cl)c1. The van der Waals surface area contributed by atoms with Crippen LogP contribution in [0.25, 0.3) is 0 Å². The average Bonchev–Trinajstić information content (AvgIpc) is 2.51. The predicted molar refractivity (Wildman–Crippen MR) is 90.1 cm³/mol. The molecule has 0 bridgehead atoms. The third-order valence-electron chi connectivity index (χ3n) is 2.91. The van der Waals surface area contributed by atoms with Crippen LogP contribution in [0.4, 0.5) is 0 Å². The highest BCUT2D eigenvalue weighted by atomic mass is 35.5. The van der Waals surface area contributed by atoms with Gasteiger partial charge in [0.05, 0.1) is 13.3 Å². The van der Waals surface area contributed by atoms with E-state index in [1.54, 1.807) is 18.3 Å². The third kappa shape index (κ3) is 4.67. The van der Waals surface area contributed by atoms with Crippen LogP contribution >= 0.6 is 11.6 Å². The Hall–Kier alpha value is -2.20. The second-order valence-electron chi connectivity index (χ2n) is 4.92. The maximum atomic E-state index is 5.97. The van der Waals surface area contributed by atoms with Gasteiger partial charge < -0.3 is 14.5 Å². The number of hydrogen-bond donors (Lipinski definition) is 0. The van der Waals surface area contributed by atoms with Gasteiger partial charge >= 0.3 is 0 Å². The lowest BCUT2D eigenvalue weighted by Gasteiger charge is -2.11. The smallest absolute Gasteiger partial charge is 0.161 e. The van der Waals surface area contributed by atoms with Crippen molar-refractivity contribution in [3.05, 3.63) is 58.6 Å². The van der Waals surface area contributed by atoms with E-state index in [9.17, 15) is 0 Å². The summed E-state index contributed by atoms with van der Waals surface area (Å²) in [5.41, 5.74) is 1.95. The lowest BCUT2D eigenvalue weighted by Crippen LogP contribution is -2.02. The number of hydrogen-bond acceptors (Lipinski definition) is 4. The van der Waals surface area contributed by atoms with Crippen molar-refractivity contribution in [2.45, 2.75) is 6.61 Å². The molecule has 2 aromatic rings. The molecule has 0 aliphatic rings. The minimum Gasteiger partial charge on any atom is -0.493 e. The van der Waals surface area contributed by atoms with Gasteiger partial charge in [-0.1, -0.05) is 23.7 Å². The number of hydrazone groups is 1. The first-order valence-corrected chi connectivity index (χ1v) is 7.23. The van der Waals surface area contributed by atoms with Crippen LogP contribution in [0.15, 0.2) is 47.6 Å². The molecule has 4 nitrogen and oxygen atoms in total. The number of ether oxygens (including phenoxy) is 2. The lowest BCUT2D eigenvalue weighted by molar-refractivity contribution is 0.284. The van der Waals surface area contributed by atoms with E-state index < -0.39 is 0 Å². The summed E-state index contributed by atoms with van der Waals surface area (Å²) in [4.78, 5) is 0. The van der Waals surface area contributed by atoms with Crippen molar-refractivity contribution in [1.29, 1.82) is 0 Å². The molecule has 0 N–H and O–H groups in total. The Morgan fingerprint density at radius 2 is 1.95 bits per heavy atom. The molecule has 0 atom stereocenters. The minimum atomic E-state index is 0.433. The van der Waals surface area contributed by atoms with Crippen LogP contribution in [-0.2, 0) is 6.61 Å². The summed E-state index contributed by atoms with van der Waals surface area (Å²) in [5, 5.41) is 6.63. The highest BCUT2D eigenvalue weighted by Gasteiger charge is 2.06. The highest BCUT2D eigenvalue weighted by Crippen LogP contribution is 2.28. The Morgan fingerprint density at radius 3 is 2.64 bits per heavy atom. The van der Waals surface area contributed by atoms with Gasteiger partial charge in [0.1, 0.15) is 6.61 Å². The van der Waals surface area contributed by atoms with E-state index in [0.717, 1.165) is 11.1 Å². The molecule has 5 heteroatoms. The van der Waals surface area contributed by atoms with Crippen molar-refractivity contribution in [3.8, 4) is 11.5 Å². The van der Waals surface area contributed by atoms with Crippen molar-refractivity contribution in [1.82, 2.24) is 5.01 Å².